The molecule has 202 valence electrons. The second-order valence-corrected chi connectivity index (χ2v) is 10.3. The first-order valence-corrected chi connectivity index (χ1v) is 13.6. The molecule has 1 unspecified atom stereocenters. The third-order valence-corrected chi connectivity index (χ3v) is 7.78. The highest BCUT2D eigenvalue weighted by Gasteiger charge is 2.16. The van der Waals surface area contributed by atoms with Crippen LogP contribution in [0.1, 0.15) is 55.9 Å². The van der Waals surface area contributed by atoms with Crippen LogP contribution in [0.2, 0.25) is 0 Å². The van der Waals surface area contributed by atoms with E-state index in [1.54, 1.807) is 6.07 Å². The summed E-state index contributed by atoms with van der Waals surface area (Å²) in [6, 6.07) is 32.0. The quantitative estimate of drug-likeness (QED) is 0.214. The number of nitrogens with one attached hydrogen (secondary N) is 1. The number of aromatic nitrogens is 1. The normalized spacial score (nSPS) is 11.8. The molecule has 1 amide bonds. The molecule has 0 radical (unpaired) electrons. The van der Waals surface area contributed by atoms with E-state index in [1.165, 1.54) is 23.9 Å². The molecule has 0 aliphatic carbocycles. The minimum atomic E-state index is -0.344. The van der Waals surface area contributed by atoms with E-state index in [9.17, 15) is 9.59 Å². The van der Waals surface area contributed by atoms with Crippen molar-refractivity contribution in [3.05, 3.63) is 131 Å². The van der Waals surface area contributed by atoms with Gasteiger partial charge in [-0.2, -0.15) is 0 Å². The molecule has 5 nitrogen and oxygen atoms in total. The van der Waals surface area contributed by atoms with Crippen molar-refractivity contribution >= 4 is 22.8 Å². The van der Waals surface area contributed by atoms with Gasteiger partial charge in [0, 0.05) is 35.2 Å². The molecule has 1 heterocycles. The maximum absolute atomic E-state index is 13.0. The molecule has 0 aliphatic rings. The number of hydrogen-bond donors (Lipinski definition) is 1. The molecule has 1 atom stereocenters. The largest absolute Gasteiger partial charge is 0.465 e. The lowest BCUT2D eigenvalue weighted by Crippen LogP contribution is -2.27. The maximum Gasteiger partial charge on any atom is 0.338 e. The first kappa shape index (κ1) is 26.9. The van der Waals surface area contributed by atoms with Crippen molar-refractivity contribution < 1.29 is 14.3 Å². The highest BCUT2D eigenvalue weighted by molar-refractivity contribution is 5.99. The summed E-state index contributed by atoms with van der Waals surface area (Å²) < 4.78 is 7.25. The van der Waals surface area contributed by atoms with Crippen molar-refractivity contribution in [1.29, 1.82) is 0 Å². The Bertz CT molecular complexity index is 1670. The number of nitrogens with zero attached hydrogens (tertiary/aromatic N) is 1. The molecule has 4 aromatic carbocycles. The van der Waals surface area contributed by atoms with E-state index in [0.717, 1.165) is 27.6 Å². The van der Waals surface area contributed by atoms with Crippen LogP contribution in [0.5, 0.6) is 0 Å². The summed E-state index contributed by atoms with van der Waals surface area (Å²) in [5.74, 6) is -0.167. The first-order chi connectivity index (χ1) is 19.4. The van der Waals surface area contributed by atoms with Crippen LogP contribution in [0, 0.1) is 13.8 Å². The summed E-state index contributed by atoms with van der Waals surface area (Å²) in [6.07, 6.45) is 0. The van der Waals surface area contributed by atoms with Gasteiger partial charge in [-0.1, -0.05) is 79.7 Å². The van der Waals surface area contributed by atoms with Crippen LogP contribution in [-0.4, -0.2) is 30.1 Å². The van der Waals surface area contributed by atoms with Crippen molar-refractivity contribution in [2.45, 2.75) is 33.2 Å². The average molecular weight is 531 g/mol. The average Bonchev–Trinajstić information content (AvgIpc) is 3.24. The lowest BCUT2D eigenvalue weighted by molar-refractivity contribution is 0.0601. The highest BCUT2D eigenvalue weighted by Crippen LogP contribution is 2.29. The Labute approximate surface area is 235 Å². The van der Waals surface area contributed by atoms with Gasteiger partial charge >= 0.3 is 5.97 Å². The first-order valence-electron chi connectivity index (χ1n) is 13.6. The second-order valence-electron chi connectivity index (χ2n) is 10.3. The lowest BCUT2D eigenvalue weighted by atomic mass is 9.98. The Hall–Kier alpha value is -4.64. The summed E-state index contributed by atoms with van der Waals surface area (Å²) in [7, 11) is 1.40. The number of ether oxygens (including phenoxy) is 1. The summed E-state index contributed by atoms with van der Waals surface area (Å²) in [5.41, 5.74) is 8.84. The van der Waals surface area contributed by atoms with E-state index in [2.05, 4.69) is 54.9 Å². The molecular weight excluding hydrogens is 496 g/mol. The van der Waals surface area contributed by atoms with E-state index in [-0.39, 0.29) is 17.8 Å². The van der Waals surface area contributed by atoms with Crippen LogP contribution in [0.25, 0.3) is 22.0 Å². The number of amides is 1. The molecule has 5 rings (SSSR count). The number of carbonyl (C=O) groups excluding carboxylic acids is 2. The Morgan fingerprint density at radius 1 is 0.875 bits per heavy atom. The zero-order chi connectivity index (χ0) is 28.2. The third kappa shape index (κ3) is 5.41. The molecule has 1 aromatic heterocycles. The summed E-state index contributed by atoms with van der Waals surface area (Å²) in [6.45, 7) is 7.64. The van der Waals surface area contributed by atoms with Crippen molar-refractivity contribution in [1.82, 2.24) is 9.88 Å². The van der Waals surface area contributed by atoms with Crippen LogP contribution >= 0.6 is 0 Å². The van der Waals surface area contributed by atoms with Gasteiger partial charge in [-0.3, -0.25) is 4.79 Å². The number of aryl methyl sites for hydroxylation is 1. The predicted molar refractivity (Wildman–Crippen MR) is 161 cm³/mol. The van der Waals surface area contributed by atoms with E-state index in [1.807, 2.05) is 66.7 Å². The number of benzene rings is 4. The fraction of sp³-hybridized carbons (Fsp3) is 0.200. The molecule has 0 bridgehead atoms. The SMILES string of the molecule is COC(=O)c1ccccc1-c1ccc(Cn2c(C)c(C)c3cc(C(=O)NCC(C)c4ccccc4)ccc32)cc1. The monoisotopic (exact) mass is 530 g/mol. The van der Waals surface area contributed by atoms with Gasteiger partial charge in [0.2, 0.25) is 0 Å². The van der Waals surface area contributed by atoms with Crippen LogP contribution < -0.4 is 5.32 Å². The Morgan fingerprint density at radius 3 is 2.30 bits per heavy atom. The topological polar surface area (TPSA) is 60.3 Å². The van der Waals surface area contributed by atoms with Gasteiger partial charge in [0.05, 0.1) is 12.7 Å². The number of fused-ring (bicyclic) bond motifs is 1. The van der Waals surface area contributed by atoms with Gasteiger partial charge < -0.3 is 14.6 Å². The Balaban J connectivity index is 1.34. The second kappa shape index (κ2) is 11.6. The molecule has 0 fully saturated rings. The van der Waals surface area contributed by atoms with Crippen LogP contribution in [-0.2, 0) is 11.3 Å². The van der Waals surface area contributed by atoms with Crippen LogP contribution in [0.4, 0.5) is 0 Å². The van der Waals surface area contributed by atoms with Crippen molar-refractivity contribution in [2.75, 3.05) is 13.7 Å². The van der Waals surface area contributed by atoms with E-state index < -0.39 is 0 Å². The molecule has 1 N–H and O–H groups in total. The van der Waals surface area contributed by atoms with Crippen LogP contribution in [0.15, 0.2) is 97.1 Å². The predicted octanol–water partition coefficient (Wildman–Crippen LogP) is 7.29. The highest BCUT2D eigenvalue weighted by atomic mass is 16.5. The van der Waals surface area contributed by atoms with E-state index in [4.69, 9.17) is 4.74 Å². The number of hydrogen-bond acceptors (Lipinski definition) is 3. The fourth-order valence-electron chi connectivity index (χ4n) is 5.24. The van der Waals surface area contributed by atoms with E-state index in [0.29, 0.717) is 24.2 Å². The number of methoxy groups -OCH3 is 1. The summed E-state index contributed by atoms with van der Waals surface area (Å²) in [4.78, 5) is 25.2. The fourth-order valence-corrected chi connectivity index (χ4v) is 5.24. The smallest absolute Gasteiger partial charge is 0.338 e. The lowest BCUT2D eigenvalue weighted by Gasteiger charge is -2.13. The van der Waals surface area contributed by atoms with Gasteiger partial charge in [-0.25, -0.2) is 4.79 Å². The molecule has 0 spiro atoms. The number of carbonyl (C=O) groups is 2. The molecule has 5 heteroatoms. The van der Waals surface area contributed by atoms with Gasteiger partial charge in [-0.15, -0.1) is 0 Å². The zero-order valence-electron chi connectivity index (χ0n) is 23.4. The standard InChI is InChI=1S/C35H34N2O3/c1-23(27-10-6-5-7-11-27)21-36-34(38)29-18-19-33-32(20-29)24(2)25(3)37(33)22-26-14-16-28(17-15-26)30-12-8-9-13-31(30)35(39)40-4/h5-20,23H,21-22H2,1-4H3,(H,36,38). The molecule has 40 heavy (non-hydrogen) atoms. The van der Waals surface area contributed by atoms with Gasteiger partial charge in [0.1, 0.15) is 0 Å². The van der Waals surface area contributed by atoms with Crippen molar-refractivity contribution in [3.63, 3.8) is 0 Å². The summed E-state index contributed by atoms with van der Waals surface area (Å²) in [5, 5.41) is 4.19. The number of esters is 1. The zero-order valence-corrected chi connectivity index (χ0v) is 23.4. The van der Waals surface area contributed by atoms with Gasteiger partial charge in [-0.05, 0) is 71.8 Å². The minimum Gasteiger partial charge on any atom is -0.465 e. The van der Waals surface area contributed by atoms with Crippen molar-refractivity contribution in [3.8, 4) is 11.1 Å². The molecular formula is C35H34N2O3. The van der Waals surface area contributed by atoms with Gasteiger partial charge in [0.25, 0.3) is 5.91 Å². The Morgan fingerprint density at radius 2 is 1.57 bits per heavy atom. The molecule has 5 aromatic rings. The third-order valence-electron chi connectivity index (χ3n) is 7.78. The molecule has 0 aliphatic heterocycles. The number of rotatable bonds is 8. The molecule has 0 saturated carbocycles. The molecule has 0 saturated heterocycles. The minimum absolute atomic E-state index is 0.0580. The van der Waals surface area contributed by atoms with Gasteiger partial charge in [0.15, 0.2) is 0 Å². The van der Waals surface area contributed by atoms with Crippen molar-refractivity contribution in [2.24, 2.45) is 0 Å². The Kier molecular flexibility index (Phi) is 7.83. The van der Waals surface area contributed by atoms with E-state index >= 15 is 0 Å². The summed E-state index contributed by atoms with van der Waals surface area (Å²) >= 11 is 0. The maximum atomic E-state index is 13.0. The van der Waals surface area contributed by atoms with Crippen LogP contribution in [0.3, 0.4) is 0 Å².